The molecule has 1 fully saturated rings. The summed E-state index contributed by atoms with van der Waals surface area (Å²) in [5, 5.41) is 17.4. The molecule has 6 heteroatoms. The number of hydrogen-bond acceptors (Lipinski definition) is 5. The van der Waals surface area contributed by atoms with Gasteiger partial charge >= 0.3 is 6.01 Å². The van der Waals surface area contributed by atoms with E-state index in [4.69, 9.17) is 14.9 Å². The maximum atomic E-state index is 9.96. The summed E-state index contributed by atoms with van der Waals surface area (Å²) in [6.07, 6.45) is 0.914. The lowest BCUT2D eigenvalue weighted by Gasteiger charge is -2.14. The Hall–Kier alpha value is -1.40. The smallest absolute Gasteiger partial charge is 0.301 e. The van der Waals surface area contributed by atoms with Gasteiger partial charge in [-0.3, -0.25) is 9.98 Å². The lowest BCUT2D eigenvalue weighted by molar-refractivity contribution is -0.0184. The van der Waals surface area contributed by atoms with Crippen LogP contribution < -0.4 is 10.2 Å². The number of rotatable bonds is 1. The van der Waals surface area contributed by atoms with Gasteiger partial charge in [-0.25, -0.2) is 0 Å². The van der Waals surface area contributed by atoms with Crippen molar-refractivity contribution >= 4 is 0 Å². The van der Waals surface area contributed by atoms with Gasteiger partial charge in [0.15, 0.2) is 17.8 Å². The molecule has 1 saturated heterocycles. The number of ether oxygens (including phenoxy) is 2. The van der Waals surface area contributed by atoms with E-state index in [-0.39, 0.29) is 17.8 Å². The molecule has 0 saturated carbocycles. The first-order chi connectivity index (χ1) is 7.70. The second-order valence-corrected chi connectivity index (χ2v) is 4.05. The quantitative estimate of drug-likeness (QED) is 0.690. The number of aliphatic hydroxyl groups is 1. The Labute approximate surface area is 92.0 Å². The maximum Gasteiger partial charge on any atom is 0.301 e. The fourth-order valence-electron chi connectivity index (χ4n) is 2.22. The van der Waals surface area contributed by atoms with Gasteiger partial charge in [0.1, 0.15) is 6.10 Å². The zero-order valence-corrected chi connectivity index (χ0v) is 8.83. The van der Waals surface area contributed by atoms with Crippen molar-refractivity contribution in [3.8, 4) is 6.01 Å². The molecule has 0 aromatic carbocycles. The van der Waals surface area contributed by atoms with E-state index in [2.05, 4.69) is 4.98 Å². The fourth-order valence-corrected chi connectivity index (χ4v) is 2.22. The third kappa shape index (κ3) is 1.20. The Morgan fingerprint density at radius 2 is 2.44 bits per heavy atom. The van der Waals surface area contributed by atoms with Crippen LogP contribution in [-0.2, 0) is 4.74 Å². The molecule has 0 radical (unpaired) electrons. The highest BCUT2D eigenvalue weighted by atomic mass is 16.6. The highest BCUT2D eigenvalue weighted by Crippen LogP contribution is 2.39. The minimum atomic E-state index is -0.633. The zero-order valence-electron chi connectivity index (χ0n) is 8.83. The average molecular weight is 223 g/mol. The summed E-state index contributed by atoms with van der Waals surface area (Å²) in [5.41, 5.74) is 0.146. The van der Waals surface area contributed by atoms with E-state index in [9.17, 15) is 5.11 Å². The molecule has 6 nitrogen and oxygen atoms in total. The zero-order chi connectivity index (χ0) is 11.3. The Morgan fingerprint density at radius 1 is 1.62 bits per heavy atom. The van der Waals surface area contributed by atoms with E-state index in [1.54, 1.807) is 16.8 Å². The maximum absolute atomic E-state index is 9.96. The summed E-state index contributed by atoms with van der Waals surface area (Å²) in [7, 11) is 0. The molecule has 0 aliphatic carbocycles. The molecule has 86 valence electrons. The predicted molar refractivity (Wildman–Crippen MR) is 52.7 cm³/mol. The molecule has 2 N–H and O–H groups in total. The van der Waals surface area contributed by atoms with Crippen LogP contribution in [0.5, 0.6) is 6.01 Å². The molecule has 3 rings (SSSR count). The molecular weight excluding hydrogens is 210 g/mol. The lowest BCUT2D eigenvalue weighted by atomic mass is 10.1. The summed E-state index contributed by atoms with van der Waals surface area (Å²) in [4.78, 5) is 3.94. The normalized spacial score (nSPS) is 35.6. The highest BCUT2D eigenvalue weighted by Gasteiger charge is 2.50. The second kappa shape index (κ2) is 3.29. The molecule has 0 amide bonds. The molecule has 16 heavy (non-hydrogen) atoms. The second-order valence-electron chi connectivity index (χ2n) is 4.05. The number of aliphatic hydroxyl groups excluding tert-OH is 1. The summed E-state index contributed by atoms with van der Waals surface area (Å²) in [6.45, 7) is 1.96. The molecule has 3 heterocycles. The number of nitrogens with one attached hydrogen (secondary N) is 1. The standard InChI is InChI=1S/C10H13N3O3/c1-2-5-7(14)8-9(15-5)13-4-3-6(11)12-10(13)16-8/h3-5,7-9,11,14H,2H2,1H3/t5-,7?,8-,9-/m1/s1. The Morgan fingerprint density at radius 3 is 3.19 bits per heavy atom. The van der Waals surface area contributed by atoms with Crippen molar-refractivity contribution < 1.29 is 14.6 Å². The summed E-state index contributed by atoms with van der Waals surface area (Å²) in [5.74, 6) is 0. The van der Waals surface area contributed by atoms with Crippen molar-refractivity contribution in [2.45, 2.75) is 37.9 Å². The average Bonchev–Trinajstić information content (AvgIpc) is 2.75. The van der Waals surface area contributed by atoms with E-state index >= 15 is 0 Å². The van der Waals surface area contributed by atoms with Gasteiger partial charge < -0.3 is 14.6 Å². The summed E-state index contributed by atoms with van der Waals surface area (Å²) >= 11 is 0. The molecule has 1 unspecified atom stereocenters. The van der Waals surface area contributed by atoms with E-state index in [1.807, 2.05) is 6.92 Å². The van der Waals surface area contributed by atoms with Crippen LogP contribution in [0.4, 0.5) is 0 Å². The molecule has 1 aromatic heterocycles. The van der Waals surface area contributed by atoms with Crippen molar-refractivity contribution in [3.05, 3.63) is 17.8 Å². The number of aromatic nitrogens is 2. The van der Waals surface area contributed by atoms with Crippen LogP contribution in [0.1, 0.15) is 19.6 Å². The van der Waals surface area contributed by atoms with Crippen LogP contribution in [0.3, 0.4) is 0 Å². The number of hydrogen-bond donors (Lipinski definition) is 2. The fraction of sp³-hybridized carbons (Fsp3) is 0.600. The van der Waals surface area contributed by atoms with Gasteiger partial charge in [0.05, 0.1) is 6.10 Å². The first-order valence-electron chi connectivity index (χ1n) is 5.34. The third-order valence-corrected chi connectivity index (χ3v) is 3.06. The van der Waals surface area contributed by atoms with Crippen molar-refractivity contribution in [1.82, 2.24) is 9.55 Å². The summed E-state index contributed by atoms with van der Waals surface area (Å²) < 4.78 is 12.9. The van der Waals surface area contributed by atoms with Gasteiger partial charge in [0.25, 0.3) is 0 Å². The van der Waals surface area contributed by atoms with E-state index in [1.165, 1.54) is 0 Å². The van der Waals surface area contributed by atoms with Gasteiger partial charge in [-0.15, -0.1) is 0 Å². The van der Waals surface area contributed by atoms with Crippen molar-refractivity contribution in [2.75, 3.05) is 0 Å². The molecule has 4 atom stereocenters. The van der Waals surface area contributed by atoms with Gasteiger partial charge in [-0.2, -0.15) is 4.98 Å². The van der Waals surface area contributed by atoms with Gasteiger partial charge in [0.2, 0.25) is 0 Å². The number of nitrogens with zero attached hydrogens (tertiary/aromatic N) is 2. The molecule has 0 bridgehead atoms. The van der Waals surface area contributed by atoms with Crippen molar-refractivity contribution in [3.63, 3.8) is 0 Å². The molecule has 2 aliphatic rings. The molecule has 2 aliphatic heterocycles. The number of fused-ring (bicyclic) bond motifs is 3. The lowest BCUT2D eigenvalue weighted by Crippen LogP contribution is -2.32. The van der Waals surface area contributed by atoms with Crippen LogP contribution in [-0.4, -0.2) is 33.0 Å². The van der Waals surface area contributed by atoms with Crippen LogP contribution >= 0.6 is 0 Å². The Bertz CT molecular complexity index is 473. The van der Waals surface area contributed by atoms with E-state index in [0.717, 1.165) is 6.42 Å². The topological polar surface area (TPSA) is 80.4 Å². The molecule has 1 aromatic rings. The third-order valence-electron chi connectivity index (χ3n) is 3.06. The monoisotopic (exact) mass is 223 g/mol. The van der Waals surface area contributed by atoms with Gasteiger partial charge in [-0.1, -0.05) is 6.92 Å². The van der Waals surface area contributed by atoms with Crippen molar-refractivity contribution in [2.24, 2.45) is 0 Å². The highest BCUT2D eigenvalue weighted by molar-refractivity contribution is 5.10. The summed E-state index contributed by atoms with van der Waals surface area (Å²) in [6, 6.07) is 1.92. The first-order valence-corrected chi connectivity index (χ1v) is 5.34. The minimum Gasteiger partial charge on any atom is -0.454 e. The van der Waals surface area contributed by atoms with Crippen LogP contribution in [0.25, 0.3) is 0 Å². The molecule has 0 spiro atoms. The Kier molecular flexibility index (Phi) is 2.02. The molecular formula is C10H13N3O3. The largest absolute Gasteiger partial charge is 0.454 e. The SMILES string of the molecule is CC[C@H]1O[C@@H]2[C@H](Oc3nc(=N)ccn32)C1O. The van der Waals surface area contributed by atoms with Gasteiger partial charge in [-0.05, 0) is 12.5 Å². The predicted octanol–water partition coefficient (Wildman–Crippen LogP) is -0.208. The van der Waals surface area contributed by atoms with E-state index in [0.29, 0.717) is 6.01 Å². The van der Waals surface area contributed by atoms with Crippen LogP contribution in [0, 0.1) is 5.41 Å². The van der Waals surface area contributed by atoms with Crippen LogP contribution in [0.2, 0.25) is 0 Å². The first kappa shape index (κ1) is 9.80. The van der Waals surface area contributed by atoms with Crippen LogP contribution in [0.15, 0.2) is 12.3 Å². The van der Waals surface area contributed by atoms with Crippen molar-refractivity contribution in [1.29, 1.82) is 5.41 Å². The van der Waals surface area contributed by atoms with Gasteiger partial charge in [0, 0.05) is 6.20 Å². The van der Waals surface area contributed by atoms with E-state index < -0.39 is 12.2 Å². The Balaban J connectivity index is 1.99. The minimum absolute atomic E-state index is 0.146.